The van der Waals surface area contributed by atoms with Gasteiger partial charge in [-0.3, -0.25) is 4.79 Å². The van der Waals surface area contributed by atoms with Crippen molar-refractivity contribution < 1.29 is 4.79 Å². The van der Waals surface area contributed by atoms with E-state index in [1.54, 1.807) is 0 Å². The summed E-state index contributed by atoms with van der Waals surface area (Å²) in [6.45, 7) is 8.84. The molecule has 1 saturated carbocycles. The third-order valence-corrected chi connectivity index (χ3v) is 4.77. The largest absolute Gasteiger partial charge is 0.314 e. The van der Waals surface area contributed by atoms with Gasteiger partial charge in [0, 0.05) is 31.2 Å². The van der Waals surface area contributed by atoms with Crippen LogP contribution in [-0.4, -0.2) is 20.5 Å². The molecule has 126 valence electrons. The van der Waals surface area contributed by atoms with Crippen LogP contribution in [0.5, 0.6) is 0 Å². The molecule has 0 atom stereocenters. The van der Waals surface area contributed by atoms with Gasteiger partial charge in [-0.05, 0) is 33.1 Å². The van der Waals surface area contributed by atoms with Crippen molar-refractivity contribution >= 4 is 5.78 Å². The van der Waals surface area contributed by atoms with Crippen molar-refractivity contribution in [2.75, 3.05) is 0 Å². The summed E-state index contributed by atoms with van der Waals surface area (Å²) in [5.74, 6) is 2.48. The van der Waals surface area contributed by atoms with Gasteiger partial charge in [0.25, 0.3) is 0 Å². The predicted molar refractivity (Wildman–Crippen MR) is 93.4 cm³/mol. The first kappa shape index (κ1) is 17.6. The van der Waals surface area contributed by atoms with E-state index in [2.05, 4.69) is 21.3 Å². The van der Waals surface area contributed by atoms with E-state index in [0.29, 0.717) is 18.6 Å². The average Bonchev–Trinajstić information content (AvgIpc) is 2.88. The van der Waals surface area contributed by atoms with E-state index in [9.17, 15) is 4.79 Å². The lowest BCUT2D eigenvalue weighted by molar-refractivity contribution is -0.128. The van der Waals surface area contributed by atoms with Crippen LogP contribution in [0.3, 0.4) is 0 Å². The Balaban J connectivity index is 0.000000433. The molecule has 2 aliphatic rings. The lowest BCUT2D eigenvalue weighted by Gasteiger charge is -2.39. The molecule has 0 bridgehead atoms. The number of fused-ring (bicyclic) bond motifs is 1. The number of carbonyl (C=O) groups is 1. The zero-order chi connectivity index (χ0) is 16.7. The minimum absolute atomic E-state index is 0.108. The number of hydrogen-bond donors (Lipinski definition) is 0. The number of hydrogen-bond acceptors (Lipinski definition) is 3. The van der Waals surface area contributed by atoms with Gasteiger partial charge in [0.1, 0.15) is 17.4 Å². The third-order valence-electron chi connectivity index (χ3n) is 4.77. The summed E-state index contributed by atoms with van der Waals surface area (Å²) in [5, 5.41) is 8.82. The fourth-order valence-electron chi connectivity index (χ4n) is 3.43. The van der Waals surface area contributed by atoms with E-state index in [1.165, 1.54) is 25.7 Å². The van der Waals surface area contributed by atoms with E-state index < -0.39 is 0 Å². The summed E-state index contributed by atoms with van der Waals surface area (Å²) in [6, 6.07) is 0. The van der Waals surface area contributed by atoms with Gasteiger partial charge in [-0.2, -0.15) is 0 Å². The number of aromatic nitrogens is 3. The number of allylic oxidation sites excluding steroid dienone is 3. The van der Waals surface area contributed by atoms with E-state index in [1.807, 2.05) is 32.1 Å². The highest BCUT2D eigenvalue weighted by Crippen LogP contribution is 2.44. The number of aryl methyl sites for hydroxylation is 1. The summed E-state index contributed by atoms with van der Waals surface area (Å²) in [4.78, 5) is 11.5. The summed E-state index contributed by atoms with van der Waals surface area (Å²) < 4.78 is 2.29. The molecule has 1 fully saturated rings. The first-order valence-electron chi connectivity index (χ1n) is 8.79. The molecule has 0 N–H and O–H groups in total. The molecular formula is C19H29N3O. The van der Waals surface area contributed by atoms with Crippen molar-refractivity contribution in [3.63, 3.8) is 0 Å². The maximum absolute atomic E-state index is 11.5. The molecule has 1 aromatic heterocycles. The molecule has 1 aliphatic carbocycles. The van der Waals surface area contributed by atoms with Crippen molar-refractivity contribution in [2.24, 2.45) is 0 Å². The lowest BCUT2D eigenvalue weighted by Crippen LogP contribution is -2.43. The standard InChI is InChI=1S/C15H21N3O.C4H8/c1-2-8-15(10-12(19)11-15)14-17-16-13-7-5-3-4-6-9-18(13)14;1-3-4-2/h2H,1,3-11H2;3-4H,1-2H3/b;4-3+. The van der Waals surface area contributed by atoms with Crippen molar-refractivity contribution in [3.8, 4) is 0 Å². The molecule has 0 spiro atoms. The minimum atomic E-state index is -0.108. The van der Waals surface area contributed by atoms with Crippen LogP contribution in [0.15, 0.2) is 24.8 Å². The van der Waals surface area contributed by atoms with Crippen LogP contribution in [0.2, 0.25) is 0 Å². The lowest BCUT2D eigenvalue weighted by atomic mass is 9.65. The maximum Gasteiger partial charge on any atom is 0.140 e. The first-order valence-corrected chi connectivity index (χ1v) is 8.79. The summed E-state index contributed by atoms with van der Waals surface area (Å²) >= 11 is 0. The Morgan fingerprint density at radius 1 is 1.13 bits per heavy atom. The first-order chi connectivity index (χ1) is 11.2. The Hall–Kier alpha value is -1.71. The monoisotopic (exact) mass is 315 g/mol. The topological polar surface area (TPSA) is 47.8 Å². The van der Waals surface area contributed by atoms with Gasteiger partial charge in [0.05, 0.1) is 0 Å². The Bertz CT molecular complexity index is 554. The van der Waals surface area contributed by atoms with E-state index >= 15 is 0 Å². The van der Waals surface area contributed by atoms with Crippen molar-refractivity contribution in [2.45, 2.75) is 77.2 Å². The highest BCUT2D eigenvalue weighted by atomic mass is 16.1. The molecular weight excluding hydrogens is 286 g/mol. The zero-order valence-electron chi connectivity index (χ0n) is 14.6. The van der Waals surface area contributed by atoms with Crippen LogP contribution in [0, 0.1) is 0 Å². The van der Waals surface area contributed by atoms with Gasteiger partial charge < -0.3 is 4.57 Å². The summed E-state index contributed by atoms with van der Waals surface area (Å²) in [6.07, 6.45) is 13.9. The van der Waals surface area contributed by atoms with Crippen molar-refractivity contribution in [1.82, 2.24) is 14.8 Å². The van der Waals surface area contributed by atoms with Crippen molar-refractivity contribution in [3.05, 3.63) is 36.5 Å². The van der Waals surface area contributed by atoms with Crippen LogP contribution < -0.4 is 0 Å². The number of rotatable bonds is 3. The smallest absolute Gasteiger partial charge is 0.140 e. The number of nitrogens with zero attached hydrogens (tertiary/aromatic N) is 3. The molecule has 0 radical (unpaired) electrons. The number of ketones is 1. The number of carbonyl (C=O) groups excluding carboxylic acids is 1. The zero-order valence-corrected chi connectivity index (χ0v) is 14.6. The third kappa shape index (κ3) is 3.98. The van der Waals surface area contributed by atoms with E-state index in [0.717, 1.165) is 31.0 Å². The van der Waals surface area contributed by atoms with Crippen LogP contribution in [-0.2, 0) is 23.2 Å². The summed E-state index contributed by atoms with van der Waals surface area (Å²) in [7, 11) is 0. The van der Waals surface area contributed by atoms with Gasteiger partial charge in [-0.1, -0.05) is 31.1 Å². The van der Waals surface area contributed by atoms with Crippen LogP contribution in [0.1, 0.15) is 70.4 Å². The molecule has 0 unspecified atom stereocenters. The molecule has 1 aromatic rings. The van der Waals surface area contributed by atoms with Crippen LogP contribution in [0.4, 0.5) is 0 Å². The molecule has 0 saturated heterocycles. The van der Waals surface area contributed by atoms with E-state index in [4.69, 9.17) is 0 Å². The van der Waals surface area contributed by atoms with Crippen molar-refractivity contribution in [1.29, 1.82) is 0 Å². The van der Waals surface area contributed by atoms with Gasteiger partial charge >= 0.3 is 0 Å². The average molecular weight is 315 g/mol. The second-order valence-corrected chi connectivity index (χ2v) is 6.59. The fraction of sp³-hybridized carbons (Fsp3) is 0.632. The van der Waals surface area contributed by atoms with Gasteiger partial charge in [-0.15, -0.1) is 16.8 Å². The molecule has 0 amide bonds. The van der Waals surface area contributed by atoms with Crippen LogP contribution >= 0.6 is 0 Å². The summed E-state index contributed by atoms with van der Waals surface area (Å²) in [5.41, 5.74) is -0.108. The van der Waals surface area contributed by atoms with Gasteiger partial charge in [0.2, 0.25) is 0 Å². The molecule has 1 aliphatic heterocycles. The highest BCUT2D eigenvalue weighted by Gasteiger charge is 2.47. The minimum Gasteiger partial charge on any atom is -0.314 e. The number of Topliss-reactive ketones (excluding diaryl/α,β-unsaturated/α-hetero) is 1. The quantitative estimate of drug-likeness (QED) is 0.787. The highest BCUT2D eigenvalue weighted by molar-refractivity contribution is 5.88. The Morgan fingerprint density at radius 3 is 2.43 bits per heavy atom. The normalized spacial score (nSPS) is 19.8. The van der Waals surface area contributed by atoms with Crippen LogP contribution in [0.25, 0.3) is 0 Å². The SMILES string of the molecule is C/C=C/C.C=CCC1(c2nnc3n2CCCCCC3)CC(=O)C1. The molecule has 2 heterocycles. The van der Waals surface area contributed by atoms with E-state index in [-0.39, 0.29) is 5.41 Å². The fourth-order valence-corrected chi connectivity index (χ4v) is 3.43. The second-order valence-electron chi connectivity index (χ2n) is 6.59. The second kappa shape index (κ2) is 8.23. The predicted octanol–water partition coefficient (Wildman–Crippen LogP) is 4.15. The molecule has 4 heteroatoms. The molecule has 23 heavy (non-hydrogen) atoms. The Labute approximate surface area is 139 Å². The molecule has 4 nitrogen and oxygen atoms in total. The Morgan fingerprint density at radius 2 is 1.83 bits per heavy atom. The Kier molecular flexibility index (Phi) is 6.31. The molecule has 0 aromatic carbocycles. The van der Waals surface area contributed by atoms with Gasteiger partial charge in [0.15, 0.2) is 0 Å². The maximum atomic E-state index is 11.5. The van der Waals surface area contributed by atoms with Gasteiger partial charge in [-0.25, -0.2) is 0 Å². The molecule has 3 rings (SSSR count).